The summed E-state index contributed by atoms with van der Waals surface area (Å²) in [7, 11) is 0. The minimum Gasteiger partial charge on any atom is -0.367 e. The first-order valence-corrected chi connectivity index (χ1v) is 6.81. The summed E-state index contributed by atoms with van der Waals surface area (Å²) in [6.07, 6.45) is 4.30. The van der Waals surface area contributed by atoms with Crippen LogP contribution >= 0.6 is 0 Å². The second kappa shape index (κ2) is 5.36. The fraction of sp³-hybridized carbons (Fsp3) is 0.846. The molecule has 0 spiro atoms. The molecule has 1 aromatic rings. The van der Waals surface area contributed by atoms with Crippen LogP contribution in [0.1, 0.15) is 64.2 Å². The van der Waals surface area contributed by atoms with Gasteiger partial charge in [0.05, 0.1) is 6.04 Å². The Kier molecular flexibility index (Phi) is 4.02. The second-order valence-electron chi connectivity index (χ2n) is 5.37. The van der Waals surface area contributed by atoms with Crippen LogP contribution < -0.4 is 5.73 Å². The molecule has 2 rings (SSSR count). The topological polar surface area (TPSA) is 74.2 Å². The number of hydrogen-bond acceptors (Lipinski definition) is 5. The van der Waals surface area contributed by atoms with Crippen LogP contribution in [0.5, 0.6) is 0 Å². The Bertz CT molecular complexity index is 387. The maximum atomic E-state index is 5.99. The van der Waals surface area contributed by atoms with Gasteiger partial charge in [0.1, 0.15) is 5.60 Å². The quantitative estimate of drug-likeness (QED) is 0.892. The van der Waals surface area contributed by atoms with Crippen molar-refractivity contribution in [2.24, 2.45) is 11.7 Å². The van der Waals surface area contributed by atoms with E-state index in [-0.39, 0.29) is 11.6 Å². The first-order chi connectivity index (χ1) is 8.57. The molecule has 3 atom stereocenters. The van der Waals surface area contributed by atoms with E-state index in [1.54, 1.807) is 0 Å². The lowest BCUT2D eigenvalue weighted by Gasteiger charge is -2.37. The van der Waals surface area contributed by atoms with E-state index in [1.165, 1.54) is 6.42 Å². The molecule has 1 saturated carbocycles. The summed E-state index contributed by atoms with van der Waals surface area (Å²) in [5, 5.41) is 4.10. The minimum atomic E-state index is -0.372. The van der Waals surface area contributed by atoms with Crippen LogP contribution in [-0.4, -0.2) is 16.7 Å². The first-order valence-electron chi connectivity index (χ1n) is 6.81. The summed E-state index contributed by atoms with van der Waals surface area (Å²) < 4.78 is 11.2. The Morgan fingerprint density at radius 2 is 2.39 bits per heavy atom. The SMILES string of the molecule is CCOC1(c2noc([C@H](C)N)n2)CCCC(C)C1. The van der Waals surface area contributed by atoms with Gasteiger partial charge in [0.25, 0.3) is 0 Å². The average Bonchev–Trinajstić information content (AvgIpc) is 2.79. The highest BCUT2D eigenvalue weighted by atomic mass is 16.5. The molecule has 5 heteroatoms. The van der Waals surface area contributed by atoms with Gasteiger partial charge in [0.15, 0.2) is 0 Å². The molecule has 0 saturated heterocycles. The van der Waals surface area contributed by atoms with E-state index in [0.29, 0.717) is 24.2 Å². The molecule has 1 heterocycles. The van der Waals surface area contributed by atoms with Crippen molar-refractivity contribution < 1.29 is 9.26 Å². The molecule has 2 unspecified atom stereocenters. The standard InChI is InChI=1S/C13H23N3O2/c1-4-17-13(7-5-6-9(2)8-13)12-15-11(10(3)14)18-16-12/h9-10H,4-8,14H2,1-3H3/t9?,10-,13?/m0/s1. The third-order valence-corrected chi connectivity index (χ3v) is 3.62. The number of hydrogen-bond donors (Lipinski definition) is 1. The van der Waals surface area contributed by atoms with Crippen LogP contribution in [0.25, 0.3) is 0 Å². The van der Waals surface area contributed by atoms with Gasteiger partial charge in [0.2, 0.25) is 11.7 Å². The normalized spacial score (nSPS) is 30.3. The van der Waals surface area contributed by atoms with Gasteiger partial charge < -0.3 is 15.0 Å². The third kappa shape index (κ3) is 2.57. The van der Waals surface area contributed by atoms with Crippen molar-refractivity contribution in [2.45, 2.75) is 58.1 Å². The zero-order valence-electron chi connectivity index (χ0n) is 11.5. The monoisotopic (exact) mass is 253 g/mol. The minimum absolute atomic E-state index is 0.231. The molecular weight excluding hydrogens is 230 g/mol. The summed E-state index contributed by atoms with van der Waals surface area (Å²) >= 11 is 0. The lowest BCUT2D eigenvalue weighted by Crippen LogP contribution is -2.36. The summed E-state index contributed by atoms with van der Waals surface area (Å²) in [6, 6.07) is -0.231. The van der Waals surface area contributed by atoms with Crippen molar-refractivity contribution in [3.05, 3.63) is 11.7 Å². The van der Waals surface area contributed by atoms with Crippen LogP contribution in [0.3, 0.4) is 0 Å². The van der Waals surface area contributed by atoms with Crippen LogP contribution in [0.4, 0.5) is 0 Å². The van der Waals surface area contributed by atoms with Gasteiger partial charge in [-0.1, -0.05) is 18.5 Å². The largest absolute Gasteiger partial charge is 0.367 e. The lowest BCUT2D eigenvalue weighted by atomic mass is 9.78. The fourth-order valence-corrected chi connectivity index (χ4v) is 2.78. The van der Waals surface area contributed by atoms with E-state index in [2.05, 4.69) is 17.1 Å². The van der Waals surface area contributed by atoms with Gasteiger partial charge >= 0.3 is 0 Å². The zero-order valence-corrected chi connectivity index (χ0v) is 11.5. The predicted molar refractivity (Wildman–Crippen MR) is 67.8 cm³/mol. The lowest BCUT2D eigenvalue weighted by molar-refractivity contribution is -0.0891. The highest BCUT2D eigenvalue weighted by molar-refractivity contribution is 5.05. The van der Waals surface area contributed by atoms with E-state index >= 15 is 0 Å². The smallest absolute Gasteiger partial charge is 0.243 e. The number of nitrogens with two attached hydrogens (primary N) is 1. The van der Waals surface area contributed by atoms with E-state index in [1.807, 2.05) is 13.8 Å². The molecule has 1 aliphatic carbocycles. The molecule has 1 aliphatic rings. The fourth-order valence-electron chi connectivity index (χ4n) is 2.78. The van der Waals surface area contributed by atoms with Crippen molar-refractivity contribution in [3.8, 4) is 0 Å². The molecule has 1 fully saturated rings. The molecule has 0 radical (unpaired) electrons. The van der Waals surface area contributed by atoms with Crippen molar-refractivity contribution in [1.82, 2.24) is 10.1 Å². The molecule has 0 aliphatic heterocycles. The van der Waals surface area contributed by atoms with Crippen LogP contribution in [0, 0.1) is 5.92 Å². The third-order valence-electron chi connectivity index (χ3n) is 3.62. The molecule has 0 amide bonds. The molecule has 0 bridgehead atoms. The summed E-state index contributed by atoms with van der Waals surface area (Å²) in [6.45, 7) is 6.76. The van der Waals surface area contributed by atoms with E-state index in [4.69, 9.17) is 15.0 Å². The molecular formula is C13H23N3O2. The summed E-state index contributed by atoms with van der Waals surface area (Å²) in [4.78, 5) is 4.43. The van der Waals surface area contributed by atoms with E-state index < -0.39 is 0 Å². The second-order valence-corrected chi connectivity index (χ2v) is 5.37. The number of nitrogens with zero attached hydrogens (tertiary/aromatic N) is 2. The Morgan fingerprint density at radius 3 is 2.94 bits per heavy atom. The Morgan fingerprint density at radius 1 is 1.61 bits per heavy atom. The van der Waals surface area contributed by atoms with Crippen molar-refractivity contribution in [3.63, 3.8) is 0 Å². The Balaban J connectivity index is 2.27. The van der Waals surface area contributed by atoms with Crippen molar-refractivity contribution in [1.29, 1.82) is 0 Å². The van der Waals surface area contributed by atoms with E-state index in [9.17, 15) is 0 Å². The molecule has 0 aromatic carbocycles. The summed E-state index contributed by atoms with van der Waals surface area (Å²) in [5.74, 6) is 1.79. The first kappa shape index (κ1) is 13.5. The number of rotatable bonds is 4. The van der Waals surface area contributed by atoms with Crippen molar-refractivity contribution in [2.75, 3.05) is 6.61 Å². The van der Waals surface area contributed by atoms with Gasteiger partial charge in [-0.15, -0.1) is 0 Å². The van der Waals surface area contributed by atoms with Crippen LogP contribution in [0.2, 0.25) is 0 Å². The van der Waals surface area contributed by atoms with Gasteiger partial charge in [-0.25, -0.2) is 0 Å². The van der Waals surface area contributed by atoms with Crippen molar-refractivity contribution >= 4 is 0 Å². The highest BCUT2D eigenvalue weighted by Gasteiger charge is 2.41. The highest BCUT2D eigenvalue weighted by Crippen LogP contribution is 2.41. The average molecular weight is 253 g/mol. The zero-order chi connectivity index (χ0) is 13.2. The molecule has 5 nitrogen and oxygen atoms in total. The molecule has 1 aromatic heterocycles. The predicted octanol–water partition coefficient (Wildman–Crippen LogP) is 2.53. The maximum absolute atomic E-state index is 5.99. The van der Waals surface area contributed by atoms with Crippen LogP contribution in [0.15, 0.2) is 4.52 Å². The van der Waals surface area contributed by atoms with Gasteiger partial charge in [-0.3, -0.25) is 0 Å². The van der Waals surface area contributed by atoms with Crippen LogP contribution in [-0.2, 0) is 10.3 Å². The van der Waals surface area contributed by atoms with Gasteiger partial charge in [-0.05, 0) is 39.0 Å². The molecule has 18 heavy (non-hydrogen) atoms. The molecule has 102 valence electrons. The summed E-state index contributed by atoms with van der Waals surface area (Å²) in [5.41, 5.74) is 5.39. The number of aromatic nitrogens is 2. The number of ether oxygens (including phenoxy) is 1. The van der Waals surface area contributed by atoms with Gasteiger partial charge in [0, 0.05) is 6.61 Å². The molecule has 2 N–H and O–H groups in total. The van der Waals surface area contributed by atoms with E-state index in [0.717, 1.165) is 19.3 Å². The maximum Gasteiger partial charge on any atom is 0.243 e. The Labute approximate surface area is 108 Å². The van der Waals surface area contributed by atoms with Gasteiger partial charge in [-0.2, -0.15) is 4.98 Å². The Hall–Kier alpha value is -0.940.